The number of amides is 1. The quantitative estimate of drug-likeness (QED) is 0.904. The molecule has 1 aromatic heterocycles. The van der Waals surface area contributed by atoms with E-state index in [0.717, 1.165) is 38.3 Å². The lowest BCUT2D eigenvalue weighted by Gasteiger charge is -2.23. The molecule has 1 N–H and O–H groups in total. The van der Waals surface area contributed by atoms with Gasteiger partial charge < -0.3 is 5.32 Å². The maximum absolute atomic E-state index is 12.9. The molecule has 0 aromatic carbocycles. The molecule has 1 fully saturated rings. The zero-order chi connectivity index (χ0) is 14.8. The highest BCUT2D eigenvalue weighted by Gasteiger charge is 2.37. The van der Waals surface area contributed by atoms with Gasteiger partial charge in [-0.3, -0.25) is 9.78 Å². The lowest BCUT2D eigenvalue weighted by Crippen LogP contribution is -2.37. The number of aromatic nitrogens is 1. The molecule has 3 nitrogen and oxygen atoms in total. The van der Waals surface area contributed by atoms with Crippen molar-refractivity contribution in [2.45, 2.75) is 51.2 Å². The average Bonchev–Trinajstić information content (AvgIpc) is 2.38. The van der Waals surface area contributed by atoms with E-state index in [2.05, 4.69) is 10.3 Å². The van der Waals surface area contributed by atoms with Crippen molar-refractivity contribution in [3.8, 4) is 0 Å². The van der Waals surface area contributed by atoms with Crippen LogP contribution in [0.3, 0.4) is 0 Å². The number of nitrogens with zero attached hydrogens (tertiary/aromatic N) is 1. The van der Waals surface area contributed by atoms with Crippen LogP contribution in [-0.2, 0) is 6.18 Å². The Morgan fingerprint density at radius 1 is 1.30 bits per heavy atom. The largest absolute Gasteiger partial charge is 0.434 e. The van der Waals surface area contributed by atoms with Crippen molar-refractivity contribution in [3.05, 3.63) is 29.1 Å². The summed E-state index contributed by atoms with van der Waals surface area (Å²) in [6.45, 7) is 1.62. The van der Waals surface area contributed by atoms with Crippen LogP contribution in [0.1, 0.15) is 53.7 Å². The van der Waals surface area contributed by atoms with Gasteiger partial charge >= 0.3 is 6.18 Å². The second kappa shape index (κ2) is 5.81. The Kier molecular flexibility index (Phi) is 4.30. The third-order valence-corrected chi connectivity index (χ3v) is 3.48. The number of hydrogen-bond acceptors (Lipinski definition) is 2. The molecule has 1 aromatic rings. The summed E-state index contributed by atoms with van der Waals surface area (Å²) in [5.41, 5.74) is -0.966. The van der Waals surface area contributed by atoms with Gasteiger partial charge in [0.1, 0.15) is 0 Å². The number of aryl methyl sites for hydroxylation is 1. The summed E-state index contributed by atoms with van der Waals surface area (Å²) in [7, 11) is 0. The minimum atomic E-state index is -4.62. The summed E-state index contributed by atoms with van der Waals surface area (Å²) in [6, 6.07) is 1.21. The minimum absolute atomic E-state index is 0.0298. The standard InChI is InChI=1S/C14H17F3N2O/c1-9-7-11(12(18-8-9)14(15,16)17)13(20)19-10-5-3-2-4-6-10/h7-8,10H,2-6H2,1H3,(H,19,20). The zero-order valence-electron chi connectivity index (χ0n) is 11.3. The van der Waals surface area contributed by atoms with E-state index in [9.17, 15) is 18.0 Å². The summed E-state index contributed by atoms with van der Waals surface area (Å²) in [4.78, 5) is 15.5. The van der Waals surface area contributed by atoms with Crippen LogP contribution in [0.5, 0.6) is 0 Å². The summed E-state index contributed by atoms with van der Waals surface area (Å²) >= 11 is 0. The fourth-order valence-corrected chi connectivity index (χ4v) is 2.48. The normalized spacial score (nSPS) is 17.0. The molecule has 0 atom stereocenters. The summed E-state index contributed by atoms with van der Waals surface area (Å²) in [5, 5.41) is 2.70. The van der Waals surface area contributed by atoms with E-state index < -0.39 is 17.8 Å². The van der Waals surface area contributed by atoms with Crippen molar-refractivity contribution in [2.24, 2.45) is 0 Å². The van der Waals surface area contributed by atoms with Crippen LogP contribution in [-0.4, -0.2) is 16.9 Å². The first-order valence-corrected chi connectivity index (χ1v) is 6.72. The van der Waals surface area contributed by atoms with E-state index >= 15 is 0 Å². The molecule has 0 saturated heterocycles. The fourth-order valence-electron chi connectivity index (χ4n) is 2.48. The molecule has 1 amide bonds. The van der Waals surface area contributed by atoms with Gasteiger partial charge in [0.25, 0.3) is 5.91 Å². The van der Waals surface area contributed by atoms with Crippen LogP contribution >= 0.6 is 0 Å². The predicted molar refractivity (Wildman–Crippen MR) is 68.3 cm³/mol. The molecule has 6 heteroatoms. The van der Waals surface area contributed by atoms with Crippen molar-refractivity contribution in [1.82, 2.24) is 10.3 Å². The second-order valence-corrected chi connectivity index (χ2v) is 5.21. The van der Waals surface area contributed by atoms with E-state index in [0.29, 0.717) is 5.56 Å². The summed E-state index contributed by atoms with van der Waals surface area (Å²) < 4.78 is 38.6. The highest BCUT2D eigenvalue weighted by molar-refractivity contribution is 5.95. The van der Waals surface area contributed by atoms with Gasteiger partial charge in [0, 0.05) is 12.2 Å². The third-order valence-electron chi connectivity index (χ3n) is 3.48. The molecule has 110 valence electrons. The van der Waals surface area contributed by atoms with Crippen LogP contribution in [0.25, 0.3) is 0 Å². The average molecular weight is 286 g/mol. The number of pyridine rings is 1. The maximum atomic E-state index is 12.9. The number of carbonyl (C=O) groups excluding carboxylic acids is 1. The highest BCUT2D eigenvalue weighted by atomic mass is 19.4. The second-order valence-electron chi connectivity index (χ2n) is 5.21. The topological polar surface area (TPSA) is 42.0 Å². The SMILES string of the molecule is Cc1cnc(C(F)(F)F)c(C(=O)NC2CCCCC2)c1. The van der Waals surface area contributed by atoms with Gasteiger partial charge in [0.15, 0.2) is 5.69 Å². The van der Waals surface area contributed by atoms with Gasteiger partial charge in [0.05, 0.1) is 5.56 Å². The molecule has 1 heterocycles. The van der Waals surface area contributed by atoms with E-state index in [1.165, 1.54) is 6.07 Å². The summed E-state index contributed by atoms with van der Waals surface area (Å²) in [6.07, 6.45) is 1.28. The molecule has 20 heavy (non-hydrogen) atoms. The van der Waals surface area contributed by atoms with Crippen molar-refractivity contribution in [3.63, 3.8) is 0 Å². The fraction of sp³-hybridized carbons (Fsp3) is 0.571. The van der Waals surface area contributed by atoms with Crippen molar-refractivity contribution in [2.75, 3.05) is 0 Å². The van der Waals surface area contributed by atoms with Gasteiger partial charge in [-0.1, -0.05) is 19.3 Å². The molecular weight excluding hydrogens is 269 g/mol. The number of nitrogens with one attached hydrogen (secondary N) is 1. The Bertz CT molecular complexity index is 494. The molecule has 1 aliphatic rings. The van der Waals surface area contributed by atoms with E-state index in [1.54, 1.807) is 6.92 Å². The third kappa shape index (κ3) is 3.49. The van der Waals surface area contributed by atoms with Crippen LogP contribution in [0.15, 0.2) is 12.3 Å². The Labute approximate surface area is 115 Å². The van der Waals surface area contributed by atoms with Crippen molar-refractivity contribution < 1.29 is 18.0 Å². The molecule has 2 rings (SSSR count). The molecular formula is C14H17F3N2O. The molecule has 0 unspecified atom stereocenters. The molecule has 0 aliphatic heterocycles. The number of alkyl halides is 3. The molecule has 0 bridgehead atoms. The van der Waals surface area contributed by atoms with E-state index in [1.807, 2.05) is 0 Å². The predicted octanol–water partition coefficient (Wildman–Crippen LogP) is 3.47. The lowest BCUT2D eigenvalue weighted by molar-refractivity contribution is -0.141. The van der Waals surface area contributed by atoms with Gasteiger partial charge in [-0.2, -0.15) is 13.2 Å². The zero-order valence-corrected chi connectivity index (χ0v) is 11.3. The molecule has 1 saturated carbocycles. The van der Waals surface area contributed by atoms with Crippen LogP contribution < -0.4 is 5.32 Å². The first-order chi connectivity index (χ1) is 9.38. The van der Waals surface area contributed by atoms with Crippen molar-refractivity contribution >= 4 is 5.91 Å². The van der Waals surface area contributed by atoms with Crippen LogP contribution in [0.4, 0.5) is 13.2 Å². The van der Waals surface area contributed by atoms with Crippen molar-refractivity contribution in [1.29, 1.82) is 0 Å². The van der Waals surface area contributed by atoms with Gasteiger partial charge in [-0.25, -0.2) is 0 Å². The Balaban J connectivity index is 2.21. The van der Waals surface area contributed by atoms with Gasteiger partial charge in [0.2, 0.25) is 0 Å². The smallest absolute Gasteiger partial charge is 0.349 e. The highest BCUT2D eigenvalue weighted by Crippen LogP contribution is 2.30. The monoisotopic (exact) mass is 286 g/mol. The lowest BCUT2D eigenvalue weighted by atomic mass is 9.95. The van der Waals surface area contributed by atoms with E-state index in [-0.39, 0.29) is 11.6 Å². The minimum Gasteiger partial charge on any atom is -0.349 e. The Morgan fingerprint density at radius 2 is 1.95 bits per heavy atom. The summed E-state index contributed by atoms with van der Waals surface area (Å²) in [5.74, 6) is -0.680. The molecule has 0 radical (unpaired) electrons. The first kappa shape index (κ1) is 14.8. The number of rotatable bonds is 2. The first-order valence-electron chi connectivity index (χ1n) is 6.72. The Morgan fingerprint density at radius 3 is 2.55 bits per heavy atom. The number of carbonyl (C=O) groups is 1. The van der Waals surface area contributed by atoms with Gasteiger partial charge in [-0.15, -0.1) is 0 Å². The van der Waals surface area contributed by atoms with Gasteiger partial charge in [-0.05, 0) is 31.4 Å². The Hall–Kier alpha value is -1.59. The maximum Gasteiger partial charge on any atom is 0.434 e. The van der Waals surface area contributed by atoms with Crippen LogP contribution in [0.2, 0.25) is 0 Å². The molecule has 0 spiro atoms. The molecule has 1 aliphatic carbocycles. The number of halogens is 3. The number of hydrogen-bond donors (Lipinski definition) is 1. The van der Waals surface area contributed by atoms with Crippen LogP contribution in [0, 0.1) is 6.92 Å². The van der Waals surface area contributed by atoms with E-state index in [4.69, 9.17) is 0 Å².